The Kier molecular flexibility index (Phi) is 4.61. The van der Waals surface area contributed by atoms with Crippen molar-refractivity contribution < 1.29 is 9.59 Å². The van der Waals surface area contributed by atoms with Gasteiger partial charge in [0.25, 0.3) is 11.8 Å². The quantitative estimate of drug-likeness (QED) is 0.642. The molecule has 0 bridgehead atoms. The van der Waals surface area contributed by atoms with E-state index in [1.807, 2.05) is 47.8 Å². The van der Waals surface area contributed by atoms with Crippen molar-refractivity contribution in [2.75, 3.05) is 16.8 Å². The number of halogens is 1. The summed E-state index contributed by atoms with van der Waals surface area (Å²) in [6.45, 7) is 0.662. The molecule has 0 radical (unpaired) electrons. The van der Waals surface area contributed by atoms with E-state index in [1.165, 1.54) is 11.3 Å². The summed E-state index contributed by atoms with van der Waals surface area (Å²) in [5.74, 6) is -0.125. The zero-order chi connectivity index (χ0) is 18.1. The highest BCUT2D eigenvalue weighted by Gasteiger charge is 2.26. The highest BCUT2D eigenvalue weighted by molar-refractivity contribution is 9.10. The fourth-order valence-electron chi connectivity index (χ4n) is 3.06. The molecule has 26 heavy (non-hydrogen) atoms. The van der Waals surface area contributed by atoms with Gasteiger partial charge in [0.15, 0.2) is 0 Å². The van der Waals surface area contributed by atoms with Crippen molar-refractivity contribution in [3.63, 3.8) is 0 Å². The van der Waals surface area contributed by atoms with Gasteiger partial charge in [-0.3, -0.25) is 9.59 Å². The van der Waals surface area contributed by atoms with Crippen LogP contribution in [0.25, 0.3) is 0 Å². The van der Waals surface area contributed by atoms with Crippen LogP contribution in [0.3, 0.4) is 0 Å². The molecule has 130 valence electrons. The number of carbonyl (C=O) groups is 2. The number of benzene rings is 2. The molecule has 1 aliphatic rings. The molecule has 0 atom stereocenters. The van der Waals surface area contributed by atoms with Crippen molar-refractivity contribution in [1.82, 2.24) is 0 Å². The van der Waals surface area contributed by atoms with Crippen LogP contribution in [-0.4, -0.2) is 18.4 Å². The van der Waals surface area contributed by atoms with Gasteiger partial charge in [0, 0.05) is 28.0 Å². The van der Waals surface area contributed by atoms with E-state index in [2.05, 4.69) is 21.2 Å². The minimum atomic E-state index is -0.157. The maximum atomic E-state index is 12.6. The lowest BCUT2D eigenvalue weighted by molar-refractivity contribution is 0.0991. The molecule has 1 aromatic heterocycles. The number of nitrogens with one attached hydrogen (secondary N) is 1. The largest absolute Gasteiger partial charge is 0.322 e. The average Bonchev–Trinajstić information content (AvgIpc) is 3.31. The first-order valence-corrected chi connectivity index (χ1v) is 9.84. The van der Waals surface area contributed by atoms with Crippen molar-refractivity contribution in [2.24, 2.45) is 0 Å². The summed E-state index contributed by atoms with van der Waals surface area (Å²) in [6, 6.07) is 16.7. The molecule has 3 aromatic rings. The molecule has 2 aromatic carbocycles. The van der Waals surface area contributed by atoms with Gasteiger partial charge in [0.05, 0.1) is 4.88 Å². The van der Waals surface area contributed by atoms with Crippen molar-refractivity contribution in [1.29, 1.82) is 0 Å². The van der Waals surface area contributed by atoms with Crippen molar-refractivity contribution in [3.8, 4) is 0 Å². The molecule has 2 amide bonds. The van der Waals surface area contributed by atoms with E-state index in [1.54, 1.807) is 17.0 Å². The van der Waals surface area contributed by atoms with E-state index in [9.17, 15) is 9.59 Å². The number of nitrogens with zero attached hydrogens (tertiary/aromatic N) is 1. The summed E-state index contributed by atoms with van der Waals surface area (Å²) >= 11 is 4.83. The van der Waals surface area contributed by atoms with Crippen LogP contribution in [-0.2, 0) is 6.42 Å². The number of fused-ring (bicyclic) bond motifs is 1. The molecule has 6 heteroatoms. The van der Waals surface area contributed by atoms with Crippen molar-refractivity contribution in [3.05, 3.63) is 80.5 Å². The minimum Gasteiger partial charge on any atom is -0.322 e. The number of thiophene rings is 1. The zero-order valence-electron chi connectivity index (χ0n) is 13.7. The number of hydrogen-bond acceptors (Lipinski definition) is 3. The van der Waals surface area contributed by atoms with Crippen LogP contribution in [0.4, 0.5) is 11.4 Å². The molecule has 0 saturated carbocycles. The molecular weight excluding hydrogens is 412 g/mol. The minimum absolute atomic E-state index is 0.0321. The molecule has 4 rings (SSSR count). The average molecular weight is 427 g/mol. The zero-order valence-corrected chi connectivity index (χ0v) is 16.1. The van der Waals surface area contributed by atoms with Gasteiger partial charge in [0.2, 0.25) is 0 Å². The molecule has 1 aliphatic heterocycles. The Morgan fingerprint density at radius 2 is 1.96 bits per heavy atom. The number of anilines is 2. The Hall–Kier alpha value is -2.44. The second kappa shape index (κ2) is 7.05. The first-order chi connectivity index (χ1) is 12.6. The standard InChI is InChI=1S/C20H15BrN2O2S/c21-15-4-1-3-14(11-15)19(24)22-16-6-7-17-13(12-16)8-9-23(17)20(25)18-5-2-10-26-18/h1-7,10-12H,8-9H2,(H,22,24). The van der Waals surface area contributed by atoms with Gasteiger partial charge in [-0.15, -0.1) is 11.3 Å². The fourth-order valence-corrected chi connectivity index (χ4v) is 4.13. The number of amides is 2. The summed E-state index contributed by atoms with van der Waals surface area (Å²) in [4.78, 5) is 27.6. The summed E-state index contributed by atoms with van der Waals surface area (Å²) in [6.07, 6.45) is 0.785. The van der Waals surface area contributed by atoms with Gasteiger partial charge in [-0.05, 0) is 59.8 Å². The predicted octanol–water partition coefficient (Wildman–Crippen LogP) is 4.97. The topological polar surface area (TPSA) is 49.4 Å². The molecule has 0 aliphatic carbocycles. The van der Waals surface area contributed by atoms with Crippen LogP contribution < -0.4 is 10.2 Å². The van der Waals surface area contributed by atoms with E-state index in [4.69, 9.17) is 0 Å². The first-order valence-electron chi connectivity index (χ1n) is 8.17. The molecule has 4 nitrogen and oxygen atoms in total. The van der Waals surface area contributed by atoms with E-state index in [-0.39, 0.29) is 11.8 Å². The van der Waals surface area contributed by atoms with E-state index in [0.29, 0.717) is 12.1 Å². The Morgan fingerprint density at radius 1 is 1.08 bits per heavy atom. The molecule has 0 spiro atoms. The maximum Gasteiger partial charge on any atom is 0.268 e. The van der Waals surface area contributed by atoms with Gasteiger partial charge in [-0.1, -0.05) is 28.1 Å². The van der Waals surface area contributed by atoms with Crippen molar-refractivity contribution >= 4 is 50.5 Å². The second-order valence-corrected chi connectivity index (χ2v) is 7.86. The van der Waals surface area contributed by atoms with Gasteiger partial charge in [-0.25, -0.2) is 0 Å². The summed E-state index contributed by atoms with van der Waals surface area (Å²) in [5, 5.41) is 4.83. The summed E-state index contributed by atoms with van der Waals surface area (Å²) in [5.41, 5.74) is 3.32. The lowest BCUT2D eigenvalue weighted by Gasteiger charge is -2.16. The third-order valence-corrected chi connectivity index (χ3v) is 5.65. The Morgan fingerprint density at radius 3 is 2.73 bits per heavy atom. The number of hydrogen-bond donors (Lipinski definition) is 1. The number of carbonyl (C=O) groups excluding carboxylic acids is 2. The van der Waals surface area contributed by atoms with Crippen LogP contribution in [0.1, 0.15) is 25.6 Å². The van der Waals surface area contributed by atoms with Crippen molar-refractivity contribution in [2.45, 2.75) is 6.42 Å². The highest BCUT2D eigenvalue weighted by atomic mass is 79.9. The third kappa shape index (κ3) is 3.30. The molecule has 0 saturated heterocycles. The van der Waals surface area contributed by atoms with Crippen LogP contribution in [0.15, 0.2) is 64.5 Å². The maximum absolute atomic E-state index is 12.6. The van der Waals surface area contributed by atoms with Gasteiger partial charge < -0.3 is 10.2 Å². The second-order valence-electron chi connectivity index (χ2n) is 5.99. The van der Waals surface area contributed by atoms with E-state index < -0.39 is 0 Å². The molecule has 0 unspecified atom stereocenters. The Balaban J connectivity index is 1.53. The number of rotatable bonds is 3. The van der Waals surface area contributed by atoms with Crippen LogP contribution in [0, 0.1) is 0 Å². The smallest absolute Gasteiger partial charge is 0.268 e. The monoisotopic (exact) mass is 426 g/mol. The fraction of sp³-hybridized carbons (Fsp3) is 0.100. The van der Waals surface area contributed by atoms with Crippen LogP contribution in [0.5, 0.6) is 0 Å². The SMILES string of the molecule is O=C(Nc1ccc2c(c1)CCN2C(=O)c1cccs1)c1cccc(Br)c1. The lowest BCUT2D eigenvalue weighted by atomic mass is 10.1. The summed E-state index contributed by atoms with van der Waals surface area (Å²) < 4.78 is 0.863. The molecule has 1 N–H and O–H groups in total. The molecule has 0 fully saturated rings. The molecule has 2 heterocycles. The Labute approximate surface area is 163 Å². The lowest BCUT2D eigenvalue weighted by Crippen LogP contribution is -2.28. The van der Waals surface area contributed by atoms with E-state index >= 15 is 0 Å². The normalized spacial score (nSPS) is 12.7. The highest BCUT2D eigenvalue weighted by Crippen LogP contribution is 2.32. The van der Waals surface area contributed by atoms with Gasteiger partial charge in [0.1, 0.15) is 0 Å². The van der Waals surface area contributed by atoms with E-state index in [0.717, 1.165) is 32.7 Å². The van der Waals surface area contributed by atoms with Crippen LogP contribution >= 0.6 is 27.3 Å². The van der Waals surface area contributed by atoms with Gasteiger partial charge in [-0.2, -0.15) is 0 Å². The third-order valence-electron chi connectivity index (χ3n) is 4.30. The summed E-state index contributed by atoms with van der Waals surface area (Å²) in [7, 11) is 0. The van der Waals surface area contributed by atoms with Crippen LogP contribution in [0.2, 0.25) is 0 Å². The predicted molar refractivity (Wildman–Crippen MR) is 108 cm³/mol. The first kappa shape index (κ1) is 17.0. The van der Waals surface area contributed by atoms with Gasteiger partial charge >= 0.3 is 0 Å². The Bertz CT molecular complexity index is 985. The molecular formula is C20H15BrN2O2S.